The van der Waals surface area contributed by atoms with E-state index >= 15 is 0 Å². The van der Waals surface area contributed by atoms with Crippen LogP contribution in [0.3, 0.4) is 0 Å². The van der Waals surface area contributed by atoms with E-state index in [1.807, 2.05) is 48.7 Å². The third-order valence-corrected chi connectivity index (χ3v) is 3.80. The Morgan fingerprint density at radius 2 is 1.88 bits per heavy atom. The fourth-order valence-electron chi connectivity index (χ4n) is 2.55. The number of nitrogens with zero attached hydrogens (tertiary/aromatic N) is 4. The molecule has 2 heterocycles. The molecule has 0 spiro atoms. The molecule has 2 aromatic heterocycles. The highest BCUT2D eigenvalue weighted by molar-refractivity contribution is 5.22. The molecule has 3 rings (SSSR count). The summed E-state index contributed by atoms with van der Waals surface area (Å²) < 4.78 is 1.66. The SMILES string of the molecule is OCCn1nc(C(O)c2ccccc2)nc1CCc1cccnc1. The fraction of sp³-hybridized carbons (Fsp3) is 0.278. The summed E-state index contributed by atoms with van der Waals surface area (Å²) in [5.74, 6) is 1.11. The monoisotopic (exact) mass is 324 g/mol. The summed E-state index contributed by atoms with van der Waals surface area (Å²) in [6.07, 6.45) is 4.14. The smallest absolute Gasteiger partial charge is 0.183 e. The van der Waals surface area contributed by atoms with E-state index in [1.54, 1.807) is 10.9 Å². The van der Waals surface area contributed by atoms with Gasteiger partial charge in [0, 0.05) is 18.8 Å². The van der Waals surface area contributed by atoms with Gasteiger partial charge in [0.05, 0.1) is 13.2 Å². The third kappa shape index (κ3) is 3.84. The van der Waals surface area contributed by atoms with Crippen LogP contribution >= 0.6 is 0 Å². The molecular weight excluding hydrogens is 304 g/mol. The minimum Gasteiger partial charge on any atom is -0.394 e. The van der Waals surface area contributed by atoms with Crippen molar-refractivity contribution in [2.75, 3.05) is 6.61 Å². The van der Waals surface area contributed by atoms with Crippen molar-refractivity contribution in [3.63, 3.8) is 0 Å². The van der Waals surface area contributed by atoms with Gasteiger partial charge in [-0.3, -0.25) is 4.98 Å². The first kappa shape index (κ1) is 16.3. The van der Waals surface area contributed by atoms with Crippen LogP contribution in [0.2, 0.25) is 0 Å². The molecule has 1 atom stereocenters. The van der Waals surface area contributed by atoms with Gasteiger partial charge in [-0.15, -0.1) is 0 Å². The summed E-state index contributed by atoms with van der Waals surface area (Å²) in [4.78, 5) is 8.60. The molecule has 0 aliphatic carbocycles. The van der Waals surface area contributed by atoms with E-state index in [4.69, 9.17) is 0 Å². The van der Waals surface area contributed by atoms with Crippen molar-refractivity contribution in [2.45, 2.75) is 25.5 Å². The Morgan fingerprint density at radius 3 is 2.58 bits per heavy atom. The molecule has 1 unspecified atom stereocenters. The van der Waals surface area contributed by atoms with Gasteiger partial charge in [0.1, 0.15) is 11.9 Å². The van der Waals surface area contributed by atoms with Crippen LogP contribution in [-0.4, -0.2) is 36.6 Å². The number of hydrogen-bond acceptors (Lipinski definition) is 5. The Hall–Kier alpha value is -2.57. The number of aliphatic hydroxyl groups excluding tert-OH is 2. The van der Waals surface area contributed by atoms with E-state index < -0.39 is 6.10 Å². The summed E-state index contributed by atoms with van der Waals surface area (Å²) in [5, 5.41) is 24.1. The van der Waals surface area contributed by atoms with Crippen LogP contribution in [-0.2, 0) is 19.4 Å². The van der Waals surface area contributed by atoms with Gasteiger partial charge < -0.3 is 10.2 Å². The molecule has 1 aromatic carbocycles. The van der Waals surface area contributed by atoms with Crippen LogP contribution < -0.4 is 0 Å². The lowest BCUT2D eigenvalue weighted by Crippen LogP contribution is -2.10. The van der Waals surface area contributed by atoms with Gasteiger partial charge in [-0.1, -0.05) is 36.4 Å². The highest BCUT2D eigenvalue weighted by Gasteiger charge is 2.18. The number of rotatable bonds is 7. The number of benzene rings is 1. The third-order valence-electron chi connectivity index (χ3n) is 3.80. The normalized spacial score (nSPS) is 12.2. The van der Waals surface area contributed by atoms with Crippen LogP contribution in [0.25, 0.3) is 0 Å². The predicted molar refractivity (Wildman–Crippen MR) is 89.3 cm³/mol. The molecule has 24 heavy (non-hydrogen) atoms. The topological polar surface area (TPSA) is 84.1 Å². The second-order valence-electron chi connectivity index (χ2n) is 5.51. The van der Waals surface area contributed by atoms with E-state index in [1.165, 1.54) is 0 Å². The van der Waals surface area contributed by atoms with Crippen LogP contribution in [0.1, 0.15) is 28.9 Å². The average molecular weight is 324 g/mol. The molecule has 0 fully saturated rings. The molecule has 0 saturated carbocycles. The molecule has 0 amide bonds. The minimum absolute atomic E-state index is 0.0237. The van der Waals surface area contributed by atoms with Crippen molar-refractivity contribution in [1.29, 1.82) is 0 Å². The molecule has 0 saturated heterocycles. The Balaban J connectivity index is 1.79. The largest absolute Gasteiger partial charge is 0.394 e. The lowest BCUT2D eigenvalue weighted by atomic mass is 10.1. The number of hydrogen-bond donors (Lipinski definition) is 2. The summed E-state index contributed by atoms with van der Waals surface area (Å²) >= 11 is 0. The van der Waals surface area contributed by atoms with Gasteiger partial charge in [0.15, 0.2) is 5.82 Å². The van der Waals surface area contributed by atoms with Gasteiger partial charge in [-0.25, -0.2) is 9.67 Å². The molecule has 0 aliphatic heterocycles. The molecular formula is C18H20N4O2. The van der Waals surface area contributed by atoms with Gasteiger partial charge >= 0.3 is 0 Å². The molecule has 6 nitrogen and oxygen atoms in total. The highest BCUT2D eigenvalue weighted by atomic mass is 16.3. The van der Waals surface area contributed by atoms with Crippen molar-refractivity contribution in [2.24, 2.45) is 0 Å². The molecule has 6 heteroatoms. The van der Waals surface area contributed by atoms with Crippen LogP contribution in [0.15, 0.2) is 54.9 Å². The predicted octanol–water partition coefficient (Wildman–Crippen LogP) is 1.53. The van der Waals surface area contributed by atoms with Gasteiger partial charge in [-0.05, 0) is 23.6 Å². The number of aromatic nitrogens is 4. The minimum atomic E-state index is -0.872. The van der Waals surface area contributed by atoms with E-state index in [2.05, 4.69) is 15.1 Å². The first-order valence-corrected chi connectivity index (χ1v) is 7.94. The van der Waals surface area contributed by atoms with Crippen molar-refractivity contribution < 1.29 is 10.2 Å². The number of pyridine rings is 1. The molecule has 2 N–H and O–H groups in total. The summed E-state index contributed by atoms with van der Waals surface area (Å²) in [6.45, 7) is 0.334. The van der Waals surface area contributed by atoms with Gasteiger partial charge in [0.25, 0.3) is 0 Å². The lowest BCUT2D eigenvalue weighted by molar-refractivity contribution is 0.208. The van der Waals surface area contributed by atoms with Crippen molar-refractivity contribution in [3.8, 4) is 0 Å². The van der Waals surface area contributed by atoms with Crippen LogP contribution in [0.4, 0.5) is 0 Å². The van der Waals surface area contributed by atoms with Gasteiger partial charge in [-0.2, -0.15) is 5.10 Å². The summed E-state index contributed by atoms with van der Waals surface area (Å²) in [6, 6.07) is 13.2. The summed E-state index contributed by atoms with van der Waals surface area (Å²) in [7, 11) is 0. The van der Waals surface area contributed by atoms with E-state index in [-0.39, 0.29) is 6.61 Å². The van der Waals surface area contributed by atoms with Crippen LogP contribution in [0.5, 0.6) is 0 Å². The average Bonchev–Trinajstić information content (AvgIpc) is 3.04. The maximum Gasteiger partial charge on any atom is 0.183 e. The highest BCUT2D eigenvalue weighted by Crippen LogP contribution is 2.19. The first-order valence-electron chi connectivity index (χ1n) is 7.94. The zero-order valence-corrected chi connectivity index (χ0v) is 13.3. The molecule has 0 bridgehead atoms. The Labute approximate surface area is 140 Å². The van der Waals surface area contributed by atoms with Crippen molar-refractivity contribution in [1.82, 2.24) is 19.7 Å². The molecule has 0 radical (unpaired) electrons. The Kier molecular flexibility index (Phi) is 5.30. The zero-order chi connectivity index (χ0) is 16.8. The van der Waals surface area contributed by atoms with Crippen molar-refractivity contribution >= 4 is 0 Å². The quantitative estimate of drug-likeness (QED) is 0.688. The molecule has 124 valence electrons. The lowest BCUT2D eigenvalue weighted by Gasteiger charge is -2.05. The second kappa shape index (κ2) is 7.81. The van der Waals surface area contributed by atoms with E-state index in [9.17, 15) is 10.2 Å². The second-order valence-corrected chi connectivity index (χ2v) is 5.51. The maximum atomic E-state index is 10.5. The number of aliphatic hydroxyl groups is 2. The van der Waals surface area contributed by atoms with E-state index in [0.717, 1.165) is 23.4 Å². The van der Waals surface area contributed by atoms with Crippen molar-refractivity contribution in [3.05, 3.63) is 77.6 Å². The van der Waals surface area contributed by atoms with Gasteiger partial charge in [0.2, 0.25) is 0 Å². The fourth-order valence-corrected chi connectivity index (χ4v) is 2.55. The van der Waals surface area contributed by atoms with E-state index in [0.29, 0.717) is 18.8 Å². The first-order chi connectivity index (χ1) is 11.8. The Morgan fingerprint density at radius 1 is 1.04 bits per heavy atom. The maximum absolute atomic E-state index is 10.5. The zero-order valence-electron chi connectivity index (χ0n) is 13.3. The molecule has 3 aromatic rings. The molecule has 0 aliphatic rings. The Bertz CT molecular complexity index is 759. The standard InChI is InChI=1S/C18H20N4O2/c23-12-11-22-16(9-8-14-5-4-10-19-13-14)20-18(21-22)17(24)15-6-2-1-3-7-15/h1-7,10,13,17,23-24H,8-9,11-12H2. The summed E-state index contributed by atoms with van der Waals surface area (Å²) in [5.41, 5.74) is 1.86. The van der Waals surface area contributed by atoms with Crippen LogP contribution in [0, 0.1) is 0 Å². The number of aryl methyl sites for hydroxylation is 2.